The van der Waals surface area contributed by atoms with Crippen molar-refractivity contribution in [3.63, 3.8) is 0 Å². The number of nitrogens with one attached hydrogen (secondary N) is 2. The number of aryl methyl sites for hydroxylation is 1. The number of carbonyl (C=O) groups excluding carboxylic acids is 1. The van der Waals surface area contributed by atoms with E-state index in [1.807, 2.05) is 12.1 Å². The van der Waals surface area contributed by atoms with E-state index in [2.05, 4.69) is 25.6 Å². The maximum absolute atomic E-state index is 12.4. The Morgan fingerprint density at radius 2 is 2.04 bits per heavy atom. The van der Waals surface area contributed by atoms with Crippen LogP contribution < -0.4 is 10.6 Å². The first kappa shape index (κ1) is 17.3. The van der Waals surface area contributed by atoms with E-state index in [0.29, 0.717) is 24.6 Å². The molecular formula is C16H19N5O3S. The normalized spacial score (nSPS) is 18.7. The van der Waals surface area contributed by atoms with Gasteiger partial charge in [0.25, 0.3) is 5.91 Å². The Labute approximate surface area is 146 Å². The van der Waals surface area contributed by atoms with Crippen molar-refractivity contribution in [2.45, 2.75) is 25.9 Å². The van der Waals surface area contributed by atoms with E-state index < -0.39 is 9.84 Å². The Balaban J connectivity index is 1.67. The summed E-state index contributed by atoms with van der Waals surface area (Å²) in [5.74, 6) is 0.0516. The van der Waals surface area contributed by atoms with E-state index >= 15 is 0 Å². The van der Waals surface area contributed by atoms with Crippen LogP contribution in [0.4, 0.5) is 5.95 Å². The van der Waals surface area contributed by atoms with Gasteiger partial charge in [-0.1, -0.05) is 0 Å². The molecule has 8 nitrogen and oxygen atoms in total. The minimum atomic E-state index is -3.04. The summed E-state index contributed by atoms with van der Waals surface area (Å²) in [4.78, 5) is 24.8. The van der Waals surface area contributed by atoms with Gasteiger partial charge in [-0.05, 0) is 37.1 Å². The Morgan fingerprint density at radius 1 is 1.28 bits per heavy atom. The van der Waals surface area contributed by atoms with Gasteiger partial charge < -0.3 is 10.6 Å². The Bertz CT molecular complexity index is 871. The SMILES string of the molecule is Cc1cc(C(=O)NC2CCS(=O)(=O)C2)nc(NCc2ccncc2)n1. The molecule has 132 valence electrons. The van der Waals surface area contributed by atoms with Gasteiger partial charge in [0.05, 0.1) is 11.5 Å². The maximum atomic E-state index is 12.4. The van der Waals surface area contributed by atoms with Crippen LogP contribution in [0.3, 0.4) is 0 Å². The molecule has 1 aliphatic rings. The lowest BCUT2D eigenvalue weighted by molar-refractivity contribution is 0.0936. The van der Waals surface area contributed by atoms with Crippen LogP contribution >= 0.6 is 0 Å². The van der Waals surface area contributed by atoms with Crippen molar-refractivity contribution in [1.82, 2.24) is 20.3 Å². The summed E-state index contributed by atoms with van der Waals surface area (Å²) in [6.45, 7) is 2.28. The van der Waals surface area contributed by atoms with Gasteiger partial charge in [-0.2, -0.15) is 0 Å². The lowest BCUT2D eigenvalue weighted by atomic mass is 10.2. The Kier molecular flexibility index (Phi) is 4.93. The average Bonchev–Trinajstić information content (AvgIpc) is 2.92. The van der Waals surface area contributed by atoms with Crippen LogP contribution in [-0.4, -0.2) is 46.8 Å². The molecule has 1 fully saturated rings. The van der Waals surface area contributed by atoms with Gasteiger partial charge in [-0.3, -0.25) is 9.78 Å². The molecule has 1 amide bonds. The van der Waals surface area contributed by atoms with E-state index in [4.69, 9.17) is 0 Å². The molecule has 2 aromatic heterocycles. The van der Waals surface area contributed by atoms with Gasteiger partial charge >= 0.3 is 0 Å². The zero-order valence-electron chi connectivity index (χ0n) is 13.8. The summed E-state index contributed by atoms with van der Waals surface area (Å²) in [6.07, 6.45) is 3.83. The first-order valence-corrected chi connectivity index (χ1v) is 9.73. The van der Waals surface area contributed by atoms with E-state index in [0.717, 1.165) is 5.56 Å². The molecule has 0 spiro atoms. The number of nitrogens with zero attached hydrogens (tertiary/aromatic N) is 3. The van der Waals surface area contributed by atoms with Crippen molar-refractivity contribution in [2.24, 2.45) is 0 Å². The van der Waals surface area contributed by atoms with Crippen LogP contribution in [0.15, 0.2) is 30.6 Å². The largest absolute Gasteiger partial charge is 0.350 e. The summed E-state index contributed by atoms with van der Waals surface area (Å²) in [7, 11) is -3.04. The molecule has 3 heterocycles. The van der Waals surface area contributed by atoms with Crippen LogP contribution in [0.1, 0.15) is 28.2 Å². The second-order valence-corrected chi connectivity index (χ2v) is 8.23. The maximum Gasteiger partial charge on any atom is 0.270 e. The molecule has 1 aliphatic heterocycles. The number of sulfone groups is 1. The van der Waals surface area contributed by atoms with Crippen LogP contribution in [0.25, 0.3) is 0 Å². The van der Waals surface area contributed by atoms with E-state index in [-0.39, 0.29) is 29.1 Å². The van der Waals surface area contributed by atoms with E-state index in [1.165, 1.54) is 0 Å². The standard InChI is InChI=1S/C16H19N5O3S/c1-11-8-14(15(22)20-13-4-7-25(23,24)10-13)21-16(19-11)18-9-12-2-5-17-6-3-12/h2-3,5-6,8,13H,4,7,9-10H2,1H3,(H,20,22)(H,18,19,21). The fourth-order valence-corrected chi connectivity index (χ4v) is 4.29. The highest BCUT2D eigenvalue weighted by Gasteiger charge is 2.29. The number of hydrogen-bond donors (Lipinski definition) is 2. The predicted octanol–water partition coefficient (Wildman–Crippen LogP) is 0.709. The van der Waals surface area contributed by atoms with Crippen molar-refractivity contribution in [2.75, 3.05) is 16.8 Å². The highest BCUT2D eigenvalue weighted by atomic mass is 32.2. The summed E-state index contributed by atoms with van der Waals surface area (Å²) in [6, 6.07) is 4.96. The average molecular weight is 361 g/mol. The third-order valence-corrected chi connectivity index (χ3v) is 5.62. The number of hydrogen-bond acceptors (Lipinski definition) is 7. The molecule has 1 unspecified atom stereocenters. The molecule has 0 radical (unpaired) electrons. The fraction of sp³-hybridized carbons (Fsp3) is 0.375. The molecule has 0 aromatic carbocycles. The summed E-state index contributed by atoms with van der Waals surface area (Å²) in [5.41, 5.74) is 1.88. The number of rotatable bonds is 5. The zero-order chi connectivity index (χ0) is 17.9. The third-order valence-electron chi connectivity index (χ3n) is 3.85. The first-order valence-electron chi connectivity index (χ1n) is 7.91. The smallest absolute Gasteiger partial charge is 0.270 e. The Morgan fingerprint density at radius 3 is 2.72 bits per heavy atom. The highest BCUT2D eigenvalue weighted by molar-refractivity contribution is 7.91. The predicted molar refractivity (Wildman–Crippen MR) is 92.9 cm³/mol. The van der Waals surface area contributed by atoms with Gasteiger partial charge in [0.1, 0.15) is 5.69 Å². The molecule has 2 aromatic rings. The first-order chi connectivity index (χ1) is 11.9. The third kappa shape index (κ3) is 4.72. The molecule has 3 rings (SSSR count). The Hall–Kier alpha value is -2.55. The molecule has 1 atom stereocenters. The van der Waals surface area contributed by atoms with Gasteiger partial charge in [0, 0.05) is 30.7 Å². The number of pyridine rings is 1. The van der Waals surface area contributed by atoms with Crippen LogP contribution in [0.2, 0.25) is 0 Å². The number of anilines is 1. The van der Waals surface area contributed by atoms with Gasteiger partial charge in [-0.25, -0.2) is 18.4 Å². The molecule has 0 aliphatic carbocycles. The number of aromatic nitrogens is 3. The molecule has 0 bridgehead atoms. The van der Waals surface area contributed by atoms with Gasteiger partial charge in [-0.15, -0.1) is 0 Å². The van der Waals surface area contributed by atoms with Crippen LogP contribution in [0, 0.1) is 6.92 Å². The monoisotopic (exact) mass is 361 g/mol. The second kappa shape index (κ2) is 7.14. The second-order valence-electron chi connectivity index (χ2n) is 6.00. The van der Waals surface area contributed by atoms with Crippen molar-refractivity contribution in [3.8, 4) is 0 Å². The topological polar surface area (TPSA) is 114 Å². The zero-order valence-corrected chi connectivity index (χ0v) is 14.6. The molecule has 1 saturated heterocycles. The summed E-state index contributed by atoms with van der Waals surface area (Å²) in [5, 5.41) is 5.81. The molecule has 2 N–H and O–H groups in total. The lowest BCUT2D eigenvalue weighted by Crippen LogP contribution is -2.36. The van der Waals surface area contributed by atoms with Crippen molar-refractivity contribution < 1.29 is 13.2 Å². The molecule has 25 heavy (non-hydrogen) atoms. The molecule has 0 saturated carbocycles. The molecular weight excluding hydrogens is 342 g/mol. The molecule has 9 heteroatoms. The lowest BCUT2D eigenvalue weighted by Gasteiger charge is -2.12. The summed E-state index contributed by atoms with van der Waals surface area (Å²) >= 11 is 0. The fourth-order valence-electron chi connectivity index (χ4n) is 2.61. The van der Waals surface area contributed by atoms with Crippen LogP contribution in [-0.2, 0) is 16.4 Å². The van der Waals surface area contributed by atoms with Crippen molar-refractivity contribution >= 4 is 21.7 Å². The minimum Gasteiger partial charge on any atom is -0.350 e. The highest BCUT2D eigenvalue weighted by Crippen LogP contribution is 2.13. The van der Waals surface area contributed by atoms with E-state index in [9.17, 15) is 13.2 Å². The number of carbonyl (C=O) groups is 1. The van der Waals surface area contributed by atoms with Gasteiger partial charge in [0.2, 0.25) is 5.95 Å². The minimum absolute atomic E-state index is 0.0179. The van der Waals surface area contributed by atoms with Crippen LogP contribution in [0.5, 0.6) is 0 Å². The van der Waals surface area contributed by atoms with E-state index in [1.54, 1.807) is 25.4 Å². The van der Waals surface area contributed by atoms with Gasteiger partial charge in [0.15, 0.2) is 9.84 Å². The quantitative estimate of drug-likeness (QED) is 0.806. The van der Waals surface area contributed by atoms with Crippen molar-refractivity contribution in [1.29, 1.82) is 0 Å². The number of amides is 1. The summed E-state index contributed by atoms with van der Waals surface area (Å²) < 4.78 is 23.0. The van der Waals surface area contributed by atoms with Crippen molar-refractivity contribution in [3.05, 3.63) is 47.5 Å².